The summed E-state index contributed by atoms with van der Waals surface area (Å²) in [6.45, 7) is 10.7. The number of hydrogen-bond donors (Lipinski definition) is 0. The highest BCUT2D eigenvalue weighted by atomic mass is 16.5. The van der Waals surface area contributed by atoms with E-state index in [-0.39, 0.29) is 17.4 Å². The van der Waals surface area contributed by atoms with E-state index in [2.05, 4.69) is 80.3 Å². The molecular weight excluding hydrogens is 382 g/mol. The van der Waals surface area contributed by atoms with Crippen LogP contribution in [0.3, 0.4) is 0 Å². The molecule has 3 nitrogen and oxygen atoms in total. The molecule has 0 fully saturated rings. The van der Waals surface area contributed by atoms with Gasteiger partial charge in [0.05, 0.1) is 6.61 Å². The lowest BCUT2D eigenvalue weighted by atomic mass is 9.72. The molecule has 2 atom stereocenters. The molecule has 3 rings (SSSR count). The van der Waals surface area contributed by atoms with E-state index in [4.69, 9.17) is 4.74 Å². The molecular formula is C28H37NO2. The lowest BCUT2D eigenvalue weighted by Crippen LogP contribution is -2.43. The fourth-order valence-corrected chi connectivity index (χ4v) is 4.52. The van der Waals surface area contributed by atoms with Gasteiger partial charge >= 0.3 is 5.97 Å². The summed E-state index contributed by atoms with van der Waals surface area (Å²) in [6.07, 6.45) is 5.42. The minimum atomic E-state index is -0.346. The summed E-state index contributed by atoms with van der Waals surface area (Å²) in [6, 6.07) is 20.5. The van der Waals surface area contributed by atoms with Crippen molar-refractivity contribution in [2.75, 3.05) is 6.61 Å². The van der Waals surface area contributed by atoms with Crippen molar-refractivity contribution in [2.45, 2.75) is 66.1 Å². The molecule has 2 unspecified atom stereocenters. The molecule has 1 aliphatic carbocycles. The minimum absolute atomic E-state index is 0.130. The summed E-state index contributed by atoms with van der Waals surface area (Å²) in [5, 5.41) is 0. The number of esters is 1. The number of carbonyl (C=O) groups excluding carboxylic acids is 1. The van der Waals surface area contributed by atoms with Crippen LogP contribution in [0.1, 0.15) is 58.1 Å². The Labute approximate surface area is 188 Å². The Bertz CT molecular complexity index is 810. The predicted molar refractivity (Wildman–Crippen MR) is 127 cm³/mol. The Morgan fingerprint density at radius 3 is 1.97 bits per heavy atom. The summed E-state index contributed by atoms with van der Waals surface area (Å²) < 4.78 is 5.59. The van der Waals surface area contributed by atoms with Gasteiger partial charge in [-0.25, -0.2) is 4.79 Å². The van der Waals surface area contributed by atoms with Crippen molar-refractivity contribution >= 4 is 5.97 Å². The van der Waals surface area contributed by atoms with Crippen molar-refractivity contribution in [1.82, 2.24) is 4.90 Å². The molecule has 166 valence electrons. The zero-order valence-electron chi connectivity index (χ0n) is 19.5. The highest BCUT2D eigenvalue weighted by Gasteiger charge is 2.34. The maximum absolute atomic E-state index is 13.2. The topological polar surface area (TPSA) is 29.5 Å². The van der Waals surface area contributed by atoms with E-state index in [1.54, 1.807) is 0 Å². The van der Waals surface area contributed by atoms with Crippen molar-refractivity contribution in [3.63, 3.8) is 0 Å². The molecule has 0 saturated carbocycles. The fourth-order valence-electron chi connectivity index (χ4n) is 4.52. The Morgan fingerprint density at radius 2 is 1.55 bits per heavy atom. The second kappa shape index (κ2) is 10.8. The van der Waals surface area contributed by atoms with Crippen molar-refractivity contribution in [3.05, 3.63) is 83.4 Å². The largest absolute Gasteiger partial charge is 0.465 e. The van der Waals surface area contributed by atoms with Gasteiger partial charge in [-0.05, 0) is 54.2 Å². The summed E-state index contributed by atoms with van der Waals surface area (Å²) >= 11 is 0. The van der Waals surface area contributed by atoms with E-state index in [0.29, 0.717) is 25.6 Å². The Morgan fingerprint density at radius 1 is 1.00 bits per heavy atom. The molecule has 0 N–H and O–H groups in total. The van der Waals surface area contributed by atoms with Crippen molar-refractivity contribution in [3.8, 4) is 0 Å². The number of carbonyl (C=O) groups is 1. The van der Waals surface area contributed by atoms with Crippen LogP contribution in [-0.2, 0) is 22.6 Å². The van der Waals surface area contributed by atoms with Gasteiger partial charge in [-0.2, -0.15) is 0 Å². The second-order valence-corrected chi connectivity index (χ2v) is 9.65. The van der Waals surface area contributed by atoms with Crippen LogP contribution in [0.2, 0.25) is 0 Å². The quantitative estimate of drug-likeness (QED) is 0.367. The highest BCUT2D eigenvalue weighted by molar-refractivity contribution is 5.79. The number of rotatable bonds is 8. The van der Waals surface area contributed by atoms with Gasteiger partial charge in [0, 0.05) is 13.1 Å². The average Bonchev–Trinajstić information content (AvgIpc) is 2.75. The smallest absolute Gasteiger partial charge is 0.327 e. The third-order valence-corrected chi connectivity index (χ3v) is 6.35. The number of ether oxygens (including phenoxy) is 1. The zero-order chi connectivity index (χ0) is 22.3. The molecule has 0 heterocycles. The molecule has 2 aromatic rings. The predicted octanol–water partition coefficient (Wildman–Crippen LogP) is 6.39. The number of nitrogens with zero attached hydrogens (tertiary/aromatic N) is 1. The molecule has 1 aliphatic rings. The summed E-state index contributed by atoms with van der Waals surface area (Å²) in [4.78, 5) is 15.5. The lowest BCUT2D eigenvalue weighted by molar-refractivity contribution is -0.148. The van der Waals surface area contributed by atoms with Crippen LogP contribution in [0.5, 0.6) is 0 Å². The maximum atomic E-state index is 13.2. The number of benzene rings is 2. The van der Waals surface area contributed by atoms with Crippen LogP contribution in [0.25, 0.3) is 0 Å². The van der Waals surface area contributed by atoms with Crippen LogP contribution in [0.15, 0.2) is 72.3 Å². The first kappa shape index (κ1) is 23.3. The van der Waals surface area contributed by atoms with Gasteiger partial charge in [-0.15, -0.1) is 0 Å². The molecule has 0 bridgehead atoms. The Hall–Kier alpha value is -2.39. The summed E-state index contributed by atoms with van der Waals surface area (Å²) in [5.74, 6) is 0.519. The normalized spacial score (nSPS) is 17.8. The Kier molecular flexibility index (Phi) is 8.09. The van der Waals surface area contributed by atoms with E-state index in [0.717, 1.165) is 19.3 Å². The van der Waals surface area contributed by atoms with Crippen LogP contribution in [0, 0.1) is 11.3 Å². The van der Waals surface area contributed by atoms with Crippen LogP contribution in [0.4, 0.5) is 0 Å². The van der Waals surface area contributed by atoms with Gasteiger partial charge in [0.25, 0.3) is 0 Å². The van der Waals surface area contributed by atoms with Crippen LogP contribution in [-0.4, -0.2) is 23.5 Å². The molecule has 0 amide bonds. The molecule has 0 saturated heterocycles. The third-order valence-electron chi connectivity index (χ3n) is 6.35. The first-order valence-corrected chi connectivity index (χ1v) is 11.6. The second-order valence-electron chi connectivity index (χ2n) is 9.65. The van der Waals surface area contributed by atoms with Crippen LogP contribution < -0.4 is 0 Å². The molecule has 0 aliphatic heterocycles. The molecule has 0 aromatic heterocycles. The highest BCUT2D eigenvalue weighted by Crippen LogP contribution is 2.39. The summed E-state index contributed by atoms with van der Waals surface area (Å²) in [7, 11) is 0. The number of allylic oxidation sites excluding steroid dienone is 1. The van der Waals surface area contributed by atoms with E-state index >= 15 is 0 Å². The minimum Gasteiger partial charge on any atom is -0.465 e. The first-order valence-electron chi connectivity index (χ1n) is 11.6. The van der Waals surface area contributed by atoms with Gasteiger partial charge in [0.15, 0.2) is 0 Å². The monoisotopic (exact) mass is 419 g/mol. The molecule has 3 heteroatoms. The fraction of sp³-hybridized carbons (Fsp3) is 0.464. The molecule has 0 radical (unpaired) electrons. The first-order chi connectivity index (χ1) is 14.9. The van der Waals surface area contributed by atoms with Gasteiger partial charge in [-0.1, -0.05) is 87.5 Å². The standard InChI is InChI=1S/C28H37NO2/c1-5-31-27(30)26(24-16-18-25(19-17-24)28(2,3)4)29(20-22-12-8-6-9-13-22)21-23-14-10-7-11-15-23/h6-16,25-26H,5,17-21H2,1-4H3. The molecule has 2 aromatic carbocycles. The zero-order valence-corrected chi connectivity index (χ0v) is 19.5. The molecule has 0 spiro atoms. The van der Waals surface area contributed by atoms with E-state index in [1.165, 1.54) is 16.7 Å². The summed E-state index contributed by atoms with van der Waals surface area (Å²) in [5.41, 5.74) is 3.91. The van der Waals surface area contributed by atoms with Crippen molar-refractivity contribution in [1.29, 1.82) is 0 Å². The van der Waals surface area contributed by atoms with Gasteiger partial charge < -0.3 is 4.74 Å². The van der Waals surface area contributed by atoms with E-state index < -0.39 is 0 Å². The third kappa shape index (κ3) is 6.54. The number of hydrogen-bond acceptors (Lipinski definition) is 3. The van der Waals surface area contributed by atoms with Crippen LogP contribution >= 0.6 is 0 Å². The van der Waals surface area contributed by atoms with Gasteiger partial charge in [0.1, 0.15) is 6.04 Å². The molecule has 31 heavy (non-hydrogen) atoms. The van der Waals surface area contributed by atoms with Gasteiger partial charge in [0.2, 0.25) is 0 Å². The SMILES string of the molecule is CCOC(=O)C(C1=CCC(C(C)(C)C)CC1)N(Cc1ccccc1)Cc1ccccc1. The van der Waals surface area contributed by atoms with E-state index in [9.17, 15) is 4.79 Å². The lowest BCUT2D eigenvalue weighted by Gasteiger charge is -2.37. The average molecular weight is 420 g/mol. The van der Waals surface area contributed by atoms with E-state index in [1.807, 2.05) is 19.1 Å². The van der Waals surface area contributed by atoms with Crippen molar-refractivity contribution < 1.29 is 9.53 Å². The van der Waals surface area contributed by atoms with Crippen molar-refractivity contribution in [2.24, 2.45) is 11.3 Å². The Balaban J connectivity index is 1.92. The maximum Gasteiger partial charge on any atom is 0.327 e. The van der Waals surface area contributed by atoms with Gasteiger partial charge in [-0.3, -0.25) is 4.90 Å².